The fourth-order valence-electron chi connectivity index (χ4n) is 2.68. The van der Waals surface area contributed by atoms with E-state index in [1.54, 1.807) is 36.4 Å². The Kier molecular flexibility index (Phi) is 5.30. The van der Waals surface area contributed by atoms with Gasteiger partial charge in [-0.1, -0.05) is 12.1 Å². The van der Waals surface area contributed by atoms with Crippen LogP contribution in [0.5, 0.6) is 5.75 Å². The first kappa shape index (κ1) is 17.0. The Balaban J connectivity index is 1.57. The van der Waals surface area contributed by atoms with Crippen molar-refractivity contribution in [2.24, 2.45) is 0 Å². The molecule has 1 aliphatic heterocycles. The number of rotatable bonds is 5. The summed E-state index contributed by atoms with van der Waals surface area (Å²) in [6.45, 7) is 1.26. The minimum Gasteiger partial charge on any atom is -0.507 e. The average molecular weight is 340 g/mol. The van der Waals surface area contributed by atoms with Crippen molar-refractivity contribution in [3.8, 4) is 5.75 Å². The molecule has 0 aliphatic carbocycles. The van der Waals surface area contributed by atoms with E-state index in [2.05, 4.69) is 10.6 Å². The number of carbonyl (C=O) groups excluding carboxylic acids is 2. The van der Waals surface area contributed by atoms with Gasteiger partial charge in [-0.3, -0.25) is 9.59 Å². The average Bonchev–Trinajstić information content (AvgIpc) is 3.14. The SMILES string of the molecule is O=C(NC[C@@H]1CCCO1)c1ccc(NC(=O)c2ccccc2O)cc1. The number of hydrogen-bond donors (Lipinski definition) is 3. The summed E-state index contributed by atoms with van der Waals surface area (Å²) >= 11 is 0. The quantitative estimate of drug-likeness (QED) is 0.780. The molecule has 1 atom stereocenters. The van der Waals surface area contributed by atoms with Crippen molar-refractivity contribution in [2.45, 2.75) is 18.9 Å². The Morgan fingerprint density at radius 1 is 1.08 bits per heavy atom. The number of nitrogens with one attached hydrogen (secondary N) is 2. The molecular formula is C19H20N2O4. The second kappa shape index (κ2) is 7.81. The third-order valence-corrected chi connectivity index (χ3v) is 4.07. The van der Waals surface area contributed by atoms with Crippen molar-refractivity contribution in [1.82, 2.24) is 5.32 Å². The topological polar surface area (TPSA) is 87.7 Å². The van der Waals surface area contributed by atoms with E-state index in [1.807, 2.05) is 0 Å². The number of benzene rings is 2. The summed E-state index contributed by atoms with van der Waals surface area (Å²) in [4.78, 5) is 24.3. The van der Waals surface area contributed by atoms with Crippen molar-refractivity contribution >= 4 is 17.5 Å². The van der Waals surface area contributed by atoms with E-state index in [-0.39, 0.29) is 23.3 Å². The molecule has 0 radical (unpaired) electrons. The van der Waals surface area contributed by atoms with Crippen molar-refractivity contribution in [3.05, 3.63) is 59.7 Å². The standard InChI is InChI=1S/C19H20N2O4/c22-17-6-2-1-5-16(17)19(24)21-14-9-7-13(8-10-14)18(23)20-12-15-4-3-11-25-15/h1-2,5-10,15,22H,3-4,11-12H2,(H,20,23)(H,21,24)/t15-/m0/s1. The number of phenolic OH excluding ortho intramolecular Hbond substituents is 1. The molecule has 2 aromatic rings. The molecule has 1 saturated heterocycles. The lowest BCUT2D eigenvalue weighted by molar-refractivity contribution is 0.0857. The molecule has 1 fully saturated rings. The van der Waals surface area contributed by atoms with Crippen LogP contribution in [-0.2, 0) is 4.74 Å². The zero-order chi connectivity index (χ0) is 17.6. The first-order valence-corrected chi connectivity index (χ1v) is 8.22. The van der Waals surface area contributed by atoms with Gasteiger partial charge in [0, 0.05) is 24.4 Å². The number of amides is 2. The van der Waals surface area contributed by atoms with E-state index < -0.39 is 5.91 Å². The minimum atomic E-state index is -0.409. The molecule has 1 heterocycles. The second-order valence-electron chi connectivity index (χ2n) is 5.89. The largest absolute Gasteiger partial charge is 0.507 e. The van der Waals surface area contributed by atoms with Gasteiger partial charge in [0.15, 0.2) is 0 Å². The summed E-state index contributed by atoms with van der Waals surface area (Å²) in [5.41, 5.74) is 1.25. The van der Waals surface area contributed by atoms with Gasteiger partial charge in [0.1, 0.15) is 5.75 Å². The van der Waals surface area contributed by atoms with E-state index in [0.29, 0.717) is 17.8 Å². The molecule has 0 saturated carbocycles. The fraction of sp³-hybridized carbons (Fsp3) is 0.263. The Labute approximate surface area is 145 Å². The molecule has 6 heteroatoms. The molecule has 0 bridgehead atoms. The molecular weight excluding hydrogens is 320 g/mol. The van der Waals surface area contributed by atoms with Crippen LogP contribution in [0, 0.1) is 0 Å². The van der Waals surface area contributed by atoms with Crippen LogP contribution in [0.1, 0.15) is 33.6 Å². The molecule has 25 heavy (non-hydrogen) atoms. The van der Waals surface area contributed by atoms with Gasteiger partial charge in [0.2, 0.25) is 0 Å². The Bertz CT molecular complexity index is 752. The lowest BCUT2D eigenvalue weighted by Crippen LogP contribution is -2.31. The maximum absolute atomic E-state index is 12.1. The van der Waals surface area contributed by atoms with Gasteiger partial charge < -0.3 is 20.5 Å². The van der Waals surface area contributed by atoms with Crippen LogP contribution in [0.25, 0.3) is 0 Å². The number of phenols is 1. The van der Waals surface area contributed by atoms with Crippen LogP contribution in [0.2, 0.25) is 0 Å². The second-order valence-corrected chi connectivity index (χ2v) is 5.89. The molecule has 2 aromatic carbocycles. The van der Waals surface area contributed by atoms with Gasteiger partial charge in [0.05, 0.1) is 11.7 Å². The number of ether oxygens (including phenoxy) is 1. The lowest BCUT2D eigenvalue weighted by atomic mass is 10.1. The maximum Gasteiger partial charge on any atom is 0.259 e. The molecule has 130 valence electrons. The zero-order valence-electron chi connectivity index (χ0n) is 13.7. The molecule has 0 aromatic heterocycles. The van der Waals surface area contributed by atoms with E-state index in [0.717, 1.165) is 19.4 Å². The van der Waals surface area contributed by atoms with Gasteiger partial charge in [-0.2, -0.15) is 0 Å². The molecule has 1 aliphatic rings. The third-order valence-electron chi connectivity index (χ3n) is 4.07. The highest BCUT2D eigenvalue weighted by Gasteiger charge is 2.17. The molecule has 6 nitrogen and oxygen atoms in total. The van der Waals surface area contributed by atoms with Crippen LogP contribution in [0.15, 0.2) is 48.5 Å². The summed E-state index contributed by atoms with van der Waals surface area (Å²) in [6.07, 6.45) is 2.10. The summed E-state index contributed by atoms with van der Waals surface area (Å²) in [6, 6.07) is 12.9. The van der Waals surface area contributed by atoms with E-state index in [1.165, 1.54) is 12.1 Å². The number of carbonyl (C=O) groups is 2. The lowest BCUT2D eigenvalue weighted by Gasteiger charge is -2.11. The molecule has 0 unspecified atom stereocenters. The van der Waals surface area contributed by atoms with Crippen LogP contribution >= 0.6 is 0 Å². The summed E-state index contributed by atoms with van der Waals surface area (Å²) in [7, 11) is 0. The number of hydrogen-bond acceptors (Lipinski definition) is 4. The monoisotopic (exact) mass is 340 g/mol. The Hall–Kier alpha value is -2.86. The molecule has 2 amide bonds. The van der Waals surface area contributed by atoms with Crippen LogP contribution in [0.4, 0.5) is 5.69 Å². The third kappa shape index (κ3) is 4.36. The normalized spacial score (nSPS) is 16.4. The molecule has 3 rings (SSSR count). The van der Waals surface area contributed by atoms with Gasteiger partial charge >= 0.3 is 0 Å². The van der Waals surface area contributed by atoms with Gasteiger partial charge in [0.25, 0.3) is 11.8 Å². The van der Waals surface area contributed by atoms with Crippen LogP contribution < -0.4 is 10.6 Å². The zero-order valence-corrected chi connectivity index (χ0v) is 13.7. The van der Waals surface area contributed by atoms with Gasteiger partial charge in [-0.05, 0) is 49.2 Å². The van der Waals surface area contributed by atoms with Crippen molar-refractivity contribution < 1.29 is 19.4 Å². The number of aromatic hydroxyl groups is 1. The fourth-order valence-corrected chi connectivity index (χ4v) is 2.68. The predicted octanol–water partition coefficient (Wildman–Crippen LogP) is 2.55. The highest BCUT2D eigenvalue weighted by atomic mass is 16.5. The first-order valence-electron chi connectivity index (χ1n) is 8.22. The first-order chi connectivity index (χ1) is 12.1. The molecule has 0 spiro atoms. The summed E-state index contributed by atoms with van der Waals surface area (Å²) in [5, 5.41) is 15.2. The highest BCUT2D eigenvalue weighted by molar-refractivity contribution is 6.06. The smallest absolute Gasteiger partial charge is 0.259 e. The minimum absolute atomic E-state index is 0.0786. The summed E-state index contributed by atoms with van der Waals surface area (Å²) in [5.74, 6) is -0.659. The van der Waals surface area contributed by atoms with E-state index in [4.69, 9.17) is 4.74 Å². The number of para-hydroxylation sites is 1. The summed E-state index contributed by atoms with van der Waals surface area (Å²) < 4.78 is 5.47. The molecule has 3 N–H and O–H groups in total. The van der Waals surface area contributed by atoms with Gasteiger partial charge in [-0.25, -0.2) is 0 Å². The van der Waals surface area contributed by atoms with Crippen LogP contribution in [-0.4, -0.2) is 36.2 Å². The maximum atomic E-state index is 12.1. The Morgan fingerprint density at radius 2 is 1.84 bits per heavy atom. The van der Waals surface area contributed by atoms with Crippen molar-refractivity contribution in [2.75, 3.05) is 18.5 Å². The van der Waals surface area contributed by atoms with Gasteiger partial charge in [-0.15, -0.1) is 0 Å². The van der Waals surface area contributed by atoms with E-state index >= 15 is 0 Å². The van der Waals surface area contributed by atoms with Crippen molar-refractivity contribution in [1.29, 1.82) is 0 Å². The Morgan fingerprint density at radius 3 is 2.52 bits per heavy atom. The predicted molar refractivity (Wildman–Crippen MR) is 93.8 cm³/mol. The highest BCUT2D eigenvalue weighted by Crippen LogP contribution is 2.18. The number of anilines is 1. The van der Waals surface area contributed by atoms with E-state index in [9.17, 15) is 14.7 Å². The van der Waals surface area contributed by atoms with Crippen molar-refractivity contribution in [3.63, 3.8) is 0 Å². The van der Waals surface area contributed by atoms with Crippen LogP contribution in [0.3, 0.4) is 0 Å².